The molecule has 0 saturated carbocycles. The van der Waals surface area contributed by atoms with Gasteiger partial charge in [0, 0.05) is 18.8 Å². The van der Waals surface area contributed by atoms with E-state index in [0.717, 1.165) is 5.56 Å². The number of ether oxygens (including phenoxy) is 2. The molecule has 32 heavy (non-hydrogen) atoms. The van der Waals surface area contributed by atoms with Crippen LogP contribution in [0.1, 0.15) is 12.5 Å². The highest BCUT2D eigenvalue weighted by molar-refractivity contribution is 8.16. The molecule has 4 rings (SSSR count). The minimum atomic E-state index is -0.417. The number of hydrogen-bond acceptors (Lipinski definition) is 6. The highest BCUT2D eigenvalue weighted by Gasteiger charge is 2.30. The largest absolute Gasteiger partial charge is 0.490 e. The fraction of sp³-hybridized carbons (Fsp3) is 0.130. The summed E-state index contributed by atoms with van der Waals surface area (Å²) in [5, 5.41) is 13.3. The lowest BCUT2D eigenvalue weighted by molar-refractivity contribution is -0.114. The lowest BCUT2D eigenvalue weighted by Gasteiger charge is -2.22. The molecule has 0 bridgehead atoms. The summed E-state index contributed by atoms with van der Waals surface area (Å²) in [7, 11) is 0. The summed E-state index contributed by atoms with van der Waals surface area (Å²) in [6.07, 6.45) is 3.38. The van der Waals surface area contributed by atoms with Gasteiger partial charge in [0.25, 0.3) is 5.91 Å². The van der Waals surface area contributed by atoms with Gasteiger partial charge < -0.3 is 14.8 Å². The minimum Gasteiger partial charge on any atom is -0.490 e. The maximum absolute atomic E-state index is 12.3. The third kappa shape index (κ3) is 5.06. The highest BCUT2D eigenvalue weighted by Crippen LogP contribution is 2.27. The standard InChI is InChI=1S/C23H20N4O4S/c1-15(28)25-17-4-8-19(9-5-17)31-12-11-30-18-6-2-16(3-7-18)14-20-21(24)27-10-13-32-23(27)26-22(20)29/h2-10,13-14,24H,11-12H2,1H3,(H,25,28). The number of benzene rings is 2. The van der Waals surface area contributed by atoms with Crippen LogP contribution in [0.4, 0.5) is 5.69 Å². The zero-order valence-electron chi connectivity index (χ0n) is 17.2. The van der Waals surface area contributed by atoms with Gasteiger partial charge in [0.05, 0.1) is 5.57 Å². The molecule has 0 radical (unpaired) electrons. The van der Waals surface area contributed by atoms with Crippen LogP contribution in [0.15, 0.2) is 70.7 Å². The zero-order chi connectivity index (χ0) is 22.5. The number of nitrogens with zero attached hydrogens (tertiary/aromatic N) is 2. The van der Waals surface area contributed by atoms with Crippen molar-refractivity contribution in [1.82, 2.24) is 4.90 Å². The Labute approximate surface area is 189 Å². The van der Waals surface area contributed by atoms with E-state index in [1.54, 1.807) is 59.0 Å². The number of amidine groups is 2. The molecule has 2 aliphatic heterocycles. The fourth-order valence-electron chi connectivity index (χ4n) is 3.02. The lowest BCUT2D eigenvalue weighted by Crippen LogP contribution is -2.35. The summed E-state index contributed by atoms with van der Waals surface area (Å²) >= 11 is 1.32. The number of anilines is 1. The van der Waals surface area contributed by atoms with Crippen molar-refractivity contribution in [2.45, 2.75) is 6.92 Å². The summed E-state index contributed by atoms with van der Waals surface area (Å²) in [5.74, 6) is 0.926. The third-order valence-corrected chi connectivity index (χ3v) is 5.26. The molecule has 2 aromatic rings. The van der Waals surface area contributed by atoms with E-state index in [0.29, 0.717) is 35.6 Å². The van der Waals surface area contributed by atoms with E-state index < -0.39 is 5.91 Å². The van der Waals surface area contributed by atoms with Gasteiger partial charge in [-0.3, -0.25) is 19.9 Å². The average Bonchev–Trinajstić information content (AvgIpc) is 3.24. The first-order valence-corrected chi connectivity index (χ1v) is 10.7. The van der Waals surface area contributed by atoms with Gasteiger partial charge in [0.2, 0.25) is 5.91 Å². The van der Waals surface area contributed by atoms with Crippen LogP contribution in [0.3, 0.4) is 0 Å². The molecule has 2 aromatic carbocycles. The van der Waals surface area contributed by atoms with E-state index in [1.807, 2.05) is 12.1 Å². The second-order valence-corrected chi connectivity index (χ2v) is 7.72. The van der Waals surface area contributed by atoms with Crippen LogP contribution < -0.4 is 14.8 Å². The number of amides is 2. The first-order valence-electron chi connectivity index (χ1n) is 9.79. The molecular formula is C23H20N4O4S. The normalized spacial score (nSPS) is 16.1. The van der Waals surface area contributed by atoms with Gasteiger partial charge in [-0.2, -0.15) is 4.99 Å². The van der Waals surface area contributed by atoms with Crippen LogP contribution in [0.5, 0.6) is 11.5 Å². The Hall–Kier alpha value is -3.85. The first-order chi connectivity index (χ1) is 15.5. The molecule has 0 aromatic heterocycles. The van der Waals surface area contributed by atoms with Crippen LogP contribution in [-0.4, -0.2) is 40.9 Å². The van der Waals surface area contributed by atoms with E-state index in [1.165, 1.54) is 18.7 Å². The number of nitrogens with one attached hydrogen (secondary N) is 2. The molecule has 0 unspecified atom stereocenters. The Morgan fingerprint density at radius 1 is 1.09 bits per heavy atom. The molecular weight excluding hydrogens is 428 g/mol. The second kappa shape index (κ2) is 9.52. The van der Waals surface area contributed by atoms with Gasteiger partial charge in [-0.25, -0.2) is 0 Å². The molecule has 0 saturated heterocycles. The summed E-state index contributed by atoms with van der Waals surface area (Å²) in [5.41, 5.74) is 1.73. The number of carbonyl (C=O) groups is 2. The number of fused-ring (bicyclic) bond motifs is 1. The lowest BCUT2D eigenvalue weighted by atomic mass is 10.1. The number of carbonyl (C=O) groups excluding carboxylic acids is 2. The predicted octanol–water partition coefficient (Wildman–Crippen LogP) is 3.88. The Kier molecular flexibility index (Phi) is 6.37. The Balaban J connectivity index is 1.28. The van der Waals surface area contributed by atoms with E-state index in [9.17, 15) is 9.59 Å². The topological polar surface area (TPSA) is 104 Å². The molecule has 2 heterocycles. The zero-order valence-corrected chi connectivity index (χ0v) is 18.0. The van der Waals surface area contributed by atoms with Gasteiger partial charge >= 0.3 is 0 Å². The van der Waals surface area contributed by atoms with Crippen LogP contribution in [0.25, 0.3) is 6.08 Å². The van der Waals surface area contributed by atoms with Gasteiger partial charge in [-0.1, -0.05) is 23.9 Å². The third-order valence-electron chi connectivity index (χ3n) is 4.50. The summed E-state index contributed by atoms with van der Waals surface area (Å²) in [4.78, 5) is 28.9. The number of aliphatic imine (C=N–C) groups is 1. The SMILES string of the molecule is CC(=O)Nc1ccc(OCCOc2ccc(C=C3C(=N)N4C=CSC4=NC3=O)cc2)cc1. The molecule has 0 aliphatic carbocycles. The molecule has 0 spiro atoms. The van der Waals surface area contributed by atoms with Crippen LogP contribution >= 0.6 is 11.8 Å². The van der Waals surface area contributed by atoms with Crippen LogP contribution in [0, 0.1) is 5.41 Å². The van der Waals surface area contributed by atoms with Crippen LogP contribution in [-0.2, 0) is 9.59 Å². The summed E-state index contributed by atoms with van der Waals surface area (Å²) in [6, 6.07) is 14.3. The first kappa shape index (κ1) is 21.4. The van der Waals surface area contributed by atoms with Crippen LogP contribution in [0.2, 0.25) is 0 Å². The number of rotatable bonds is 7. The van der Waals surface area contributed by atoms with Crippen molar-refractivity contribution in [2.24, 2.45) is 4.99 Å². The van der Waals surface area contributed by atoms with Gasteiger partial charge in [-0.15, -0.1) is 0 Å². The van der Waals surface area contributed by atoms with Crippen molar-refractivity contribution in [3.8, 4) is 11.5 Å². The Morgan fingerprint density at radius 3 is 2.34 bits per heavy atom. The van der Waals surface area contributed by atoms with Gasteiger partial charge in [0.1, 0.15) is 30.5 Å². The monoisotopic (exact) mass is 448 g/mol. The molecule has 2 N–H and O–H groups in total. The van der Waals surface area contributed by atoms with Gasteiger partial charge in [0.15, 0.2) is 5.17 Å². The molecule has 0 fully saturated rings. The van der Waals surface area contributed by atoms with Gasteiger partial charge in [-0.05, 0) is 53.4 Å². The average molecular weight is 449 g/mol. The van der Waals surface area contributed by atoms with Crippen molar-refractivity contribution in [2.75, 3.05) is 18.5 Å². The smallest absolute Gasteiger partial charge is 0.283 e. The minimum absolute atomic E-state index is 0.115. The number of thioether (sulfide) groups is 1. The fourth-order valence-corrected chi connectivity index (χ4v) is 3.72. The molecule has 9 heteroatoms. The van der Waals surface area contributed by atoms with E-state index in [-0.39, 0.29) is 17.3 Å². The molecule has 162 valence electrons. The maximum Gasteiger partial charge on any atom is 0.283 e. The highest BCUT2D eigenvalue weighted by atomic mass is 32.2. The molecule has 8 nitrogen and oxygen atoms in total. The van der Waals surface area contributed by atoms with Crippen molar-refractivity contribution < 1.29 is 19.1 Å². The van der Waals surface area contributed by atoms with E-state index in [2.05, 4.69) is 10.3 Å². The van der Waals surface area contributed by atoms with E-state index >= 15 is 0 Å². The Morgan fingerprint density at radius 2 is 1.72 bits per heavy atom. The second-order valence-electron chi connectivity index (χ2n) is 6.85. The predicted molar refractivity (Wildman–Crippen MR) is 125 cm³/mol. The summed E-state index contributed by atoms with van der Waals surface area (Å²) < 4.78 is 11.3. The quantitative estimate of drug-likeness (QED) is 0.492. The molecule has 2 amide bonds. The molecule has 2 aliphatic rings. The summed E-state index contributed by atoms with van der Waals surface area (Å²) in [6.45, 7) is 2.17. The van der Waals surface area contributed by atoms with Crippen molar-refractivity contribution >= 4 is 46.3 Å². The number of hydrogen-bond donors (Lipinski definition) is 2. The Bertz CT molecular complexity index is 1140. The maximum atomic E-state index is 12.3. The van der Waals surface area contributed by atoms with E-state index in [4.69, 9.17) is 14.9 Å². The molecule has 0 atom stereocenters. The van der Waals surface area contributed by atoms with Crippen molar-refractivity contribution in [3.63, 3.8) is 0 Å². The van der Waals surface area contributed by atoms with Crippen molar-refractivity contribution in [3.05, 3.63) is 71.3 Å². The van der Waals surface area contributed by atoms with Crippen molar-refractivity contribution in [1.29, 1.82) is 5.41 Å².